The van der Waals surface area contributed by atoms with E-state index in [0.717, 1.165) is 33.8 Å². The second-order valence-electron chi connectivity index (χ2n) is 6.34. The Labute approximate surface area is 162 Å². The van der Waals surface area contributed by atoms with Crippen molar-refractivity contribution in [2.45, 2.75) is 6.92 Å². The third-order valence-corrected chi connectivity index (χ3v) is 4.80. The highest BCUT2D eigenvalue weighted by molar-refractivity contribution is 6.30. The highest BCUT2D eigenvalue weighted by Crippen LogP contribution is 2.27. The molecule has 2 aromatic heterocycles. The molecule has 6 nitrogen and oxygen atoms in total. The molecule has 27 heavy (non-hydrogen) atoms. The quantitative estimate of drug-likeness (QED) is 0.550. The van der Waals surface area contributed by atoms with Gasteiger partial charge in [-0.05, 0) is 49.4 Å². The molecule has 0 radical (unpaired) electrons. The standard InChI is InChI=1S/C20H19ClN6/c1-13-17-8-7-16(12-18(17)25-27(13)3)26(2)19-9-10-22-20(24-19)23-15-6-4-5-14(21)11-15/h4-12H,1-3H3,(H,22,23,24). The maximum absolute atomic E-state index is 6.04. The summed E-state index contributed by atoms with van der Waals surface area (Å²) >= 11 is 6.04. The van der Waals surface area contributed by atoms with Gasteiger partial charge >= 0.3 is 0 Å². The fraction of sp³-hybridized carbons (Fsp3) is 0.150. The molecule has 4 aromatic rings. The maximum atomic E-state index is 6.04. The van der Waals surface area contributed by atoms with E-state index >= 15 is 0 Å². The fourth-order valence-corrected chi connectivity index (χ4v) is 3.14. The smallest absolute Gasteiger partial charge is 0.229 e. The number of fused-ring (bicyclic) bond motifs is 1. The third-order valence-electron chi connectivity index (χ3n) is 4.57. The molecule has 1 N–H and O–H groups in total. The number of rotatable bonds is 4. The second kappa shape index (κ2) is 6.89. The van der Waals surface area contributed by atoms with Crippen LogP contribution in [0.25, 0.3) is 10.9 Å². The van der Waals surface area contributed by atoms with E-state index in [2.05, 4.69) is 45.5 Å². The van der Waals surface area contributed by atoms with Crippen LogP contribution in [0.5, 0.6) is 0 Å². The summed E-state index contributed by atoms with van der Waals surface area (Å²) in [7, 11) is 3.93. The molecule has 2 aromatic carbocycles. The molecule has 0 amide bonds. The molecule has 0 unspecified atom stereocenters. The van der Waals surface area contributed by atoms with Gasteiger partial charge in [0.1, 0.15) is 5.82 Å². The van der Waals surface area contributed by atoms with Gasteiger partial charge in [-0.25, -0.2) is 4.98 Å². The molecule has 4 rings (SSSR count). The van der Waals surface area contributed by atoms with E-state index in [1.54, 1.807) is 6.20 Å². The summed E-state index contributed by atoms with van der Waals surface area (Å²) in [6.45, 7) is 2.07. The first-order valence-electron chi connectivity index (χ1n) is 8.54. The normalized spacial score (nSPS) is 11.0. The molecule has 0 aliphatic carbocycles. The van der Waals surface area contributed by atoms with E-state index in [-0.39, 0.29) is 0 Å². The van der Waals surface area contributed by atoms with Gasteiger partial charge < -0.3 is 10.2 Å². The van der Waals surface area contributed by atoms with Gasteiger partial charge in [-0.15, -0.1) is 0 Å². The summed E-state index contributed by atoms with van der Waals surface area (Å²) in [5.41, 5.74) is 3.96. The van der Waals surface area contributed by atoms with Crippen LogP contribution in [0.3, 0.4) is 0 Å². The molecule has 7 heteroatoms. The van der Waals surface area contributed by atoms with Crippen molar-refractivity contribution in [2.24, 2.45) is 7.05 Å². The average molecular weight is 379 g/mol. The summed E-state index contributed by atoms with van der Waals surface area (Å²) in [5, 5.41) is 9.56. The number of aromatic nitrogens is 4. The van der Waals surface area contributed by atoms with E-state index in [1.807, 2.05) is 54.0 Å². The van der Waals surface area contributed by atoms with Crippen LogP contribution in [0.1, 0.15) is 5.69 Å². The molecule has 0 aliphatic rings. The number of anilines is 4. The Morgan fingerprint density at radius 1 is 1.11 bits per heavy atom. The Balaban J connectivity index is 1.63. The molecule has 0 saturated carbocycles. The minimum Gasteiger partial charge on any atom is -0.329 e. The van der Waals surface area contributed by atoms with E-state index < -0.39 is 0 Å². The van der Waals surface area contributed by atoms with E-state index in [1.165, 1.54) is 0 Å². The molecule has 0 aliphatic heterocycles. The molecule has 136 valence electrons. The Hall–Kier alpha value is -3.12. The largest absolute Gasteiger partial charge is 0.329 e. The van der Waals surface area contributed by atoms with Crippen LogP contribution < -0.4 is 10.2 Å². The van der Waals surface area contributed by atoms with Crippen molar-refractivity contribution in [1.29, 1.82) is 0 Å². The Bertz CT molecular complexity index is 1120. The average Bonchev–Trinajstić information content (AvgIpc) is 2.95. The summed E-state index contributed by atoms with van der Waals surface area (Å²) < 4.78 is 1.89. The fourth-order valence-electron chi connectivity index (χ4n) is 2.95. The van der Waals surface area contributed by atoms with Crippen molar-refractivity contribution < 1.29 is 0 Å². The monoisotopic (exact) mass is 378 g/mol. The van der Waals surface area contributed by atoms with E-state index in [9.17, 15) is 0 Å². The van der Waals surface area contributed by atoms with Crippen molar-refractivity contribution in [3.8, 4) is 0 Å². The molecule has 0 bridgehead atoms. The van der Waals surface area contributed by atoms with Crippen LogP contribution in [0, 0.1) is 6.92 Å². The Morgan fingerprint density at radius 2 is 1.96 bits per heavy atom. The van der Waals surface area contributed by atoms with Crippen molar-refractivity contribution >= 4 is 45.6 Å². The van der Waals surface area contributed by atoms with Crippen LogP contribution >= 0.6 is 11.6 Å². The summed E-state index contributed by atoms with van der Waals surface area (Å²) in [5.74, 6) is 1.29. The topological polar surface area (TPSA) is 58.9 Å². The molecule has 2 heterocycles. The highest BCUT2D eigenvalue weighted by atomic mass is 35.5. The van der Waals surface area contributed by atoms with Gasteiger partial charge in [0.15, 0.2) is 0 Å². The summed E-state index contributed by atoms with van der Waals surface area (Å²) in [6, 6.07) is 15.6. The van der Waals surface area contributed by atoms with Gasteiger partial charge in [-0.1, -0.05) is 17.7 Å². The van der Waals surface area contributed by atoms with Gasteiger partial charge in [0.05, 0.1) is 5.52 Å². The minimum atomic E-state index is 0.511. The van der Waals surface area contributed by atoms with Gasteiger partial charge in [0, 0.05) is 47.8 Å². The lowest BCUT2D eigenvalue weighted by molar-refractivity contribution is 0.751. The minimum absolute atomic E-state index is 0.511. The van der Waals surface area contributed by atoms with Crippen molar-refractivity contribution in [3.63, 3.8) is 0 Å². The van der Waals surface area contributed by atoms with E-state index in [4.69, 9.17) is 11.6 Å². The first-order valence-corrected chi connectivity index (χ1v) is 8.92. The van der Waals surface area contributed by atoms with E-state index in [0.29, 0.717) is 11.0 Å². The molecule has 0 spiro atoms. The number of nitrogens with zero attached hydrogens (tertiary/aromatic N) is 5. The number of hydrogen-bond acceptors (Lipinski definition) is 5. The lowest BCUT2D eigenvalue weighted by Crippen LogP contribution is -2.12. The zero-order valence-electron chi connectivity index (χ0n) is 15.3. The third kappa shape index (κ3) is 3.44. The van der Waals surface area contributed by atoms with Crippen LogP contribution in [0.15, 0.2) is 54.7 Å². The highest BCUT2D eigenvalue weighted by Gasteiger charge is 2.11. The van der Waals surface area contributed by atoms with Gasteiger partial charge in [-0.3, -0.25) is 4.68 Å². The predicted octanol–water partition coefficient (Wildman–Crippen LogP) is 4.84. The Morgan fingerprint density at radius 3 is 2.78 bits per heavy atom. The first kappa shape index (κ1) is 17.3. The maximum Gasteiger partial charge on any atom is 0.229 e. The van der Waals surface area contributed by atoms with Crippen LogP contribution in [-0.2, 0) is 7.05 Å². The van der Waals surface area contributed by atoms with Crippen molar-refractivity contribution in [2.75, 3.05) is 17.3 Å². The zero-order valence-corrected chi connectivity index (χ0v) is 16.1. The SMILES string of the molecule is Cc1c2ccc(N(C)c3ccnc(Nc4cccc(Cl)c4)n3)cc2nn1C. The lowest BCUT2D eigenvalue weighted by atomic mass is 10.2. The predicted molar refractivity (Wildman–Crippen MR) is 110 cm³/mol. The number of halogens is 1. The molecule has 0 atom stereocenters. The summed E-state index contributed by atoms with van der Waals surface area (Å²) in [4.78, 5) is 10.9. The van der Waals surface area contributed by atoms with Crippen LogP contribution in [-0.4, -0.2) is 26.8 Å². The molecular formula is C20H19ClN6. The van der Waals surface area contributed by atoms with Crippen molar-refractivity contribution in [1.82, 2.24) is 19.7 Å². The van der Waals surface area contributed by atoms with Crippen molar-refractivity contribution in [3.05, 3.63) is 65.4 Å². The zero-order chi connectivity index (χ0) is 19.0. The molecule has 0 saturated heterocycles. The number of hydrogen-bond donors (Lipinski definition) is 1. The van der Waals surface area contributed by atoms with Crippen LogP contribution in [0.4, 0.5) is 23.1 Å². The molecular weight excluding hydrogens is 360 g/mol. The summed E-state index contributed by atoms with van der Waals surface area (Å²) in [6.07, 6.45) is 1.73. The van der Waals surface area contributed by atoms with Crippen LogP contribution in [0.2, 0.25) is 5.02 Å². The van der Waals surface area contributed by atoms with Gasteiger partial charge in [-0.2, -0.15) is 10.1 Å². The number of aryl methyl sites for hydroxylation is 2. The molecule has 0 fully saturated rings. The Kier molecular flexibility index (Phi) is 4.41. The lowest BCUT2D eigenvalue weighted by Gasteiger charge is -2.19. The van der Waals surface area contributed by atoms with Gasteiger partial charge in [0.25, 0.3) is 0 Å². The first-order chi connectivity index (χ1) is 13.0. The number of benzene rings is 2. The number of nitrogens with one attached hydrogen (secondary N) is 1. The second-order valence-corrected chi connectivity index (χ2v) is 6.78. The van der Waals surface area contributed by atoms with Gasteiger partial charge in [0.2, 0.25) is 5.95 Å².